The van der Waals surface area contributed by atoms with Gasteiger partial charge in [-0.15, -0.1) is 0 Å². The summed E-state index contributed by atoms with van der Waals surface area (Å²) in [5, 5.41) is 3.07. The van der Waals surface area contributed by atoms with Crippen molar-refractivity contribution in [3.8, 4) is 0 Å². The molecule has 0 saturated heterocycles. The van der Waals surface area contributed by atoms with Crippen molar-refractivity contribution in [2.75, 3.05) is 6.54 Å². The number of aryl methyl sites for hydroxylation is 1. The quantitative estimate of drug-likeness (QED) is 0.882. The molecule has 1 aliphatic carbocycles. The van der Waals surface area contributed by atoms with E-state index in [2.05, 4.69) is 10.3 Å². The van der Waals surface area contributed by atoms with Crippen LogP contribution in [0.1, 0.15) is 36.7 Å². The van der Waals surface area contributed by atoms with E-state index in [9.17, 15) is 9.18 Å². The molecule has 0 radical (unpaired) electrons. The fraction of sp³-hybridized carbons (Fsp3) is 0.444. The molecular formula is C18H23FN4O. The first-order valence-electron chi connectivity index (χ1n) is 8.33. The lowest BCUT2D eigenvalue weighted by Crippen LogP contribution is -2.38. The van der Waals surface area contributed by atoms with Crippen LogP contribution in [-0.2, 0) is 11.8 Å². The van der Waals surface area contributed by atoms with Gasteiger partial charge in [-0.1, -0.05) is 18.6 Å². The Morgan fingerprint density at radius 1 is 1.50 bits per heavy atom. The number of amides is 1. The van der Waals surface area contributed by atoms with E-state index in [0.717, 1.165) is 19.3 Å². The molecule has 0 spiro atoms. The van der Waals surface area contributed by atoms with Crippen molar-refractivity contribution in [1.29, 1.82) is 0 Å². The Balaban J connectivity index is 1.88. The van der Waals surface area contributed by atoms with E-state index in [1.165, 1.54) is 12.1 Å². The number of nitrogens with two attached hydrogens (primary N) is 1. The summed E-state index contributed by atoms with van der Waals surface area (Å²) in [5.74, 6) is 0.462. The van der Waals surface area contributed by atoms with E-state index >= 15 is 0 Å². The molecule has 1 fully saturated rings. The number of rotatable bonds is 5. The van der Waals surface area contributed by atoms with Crippen molar-refractivity contribution in [2.24, 2.45) is 24.6 Å². The van der Waals surface area contributed by atoms with Crippen molar-refractivity contribution in [3.05, 3.63) is 53.9 Å². The molecule has 3 rings (SSSR count). The van der Waals surface area contributed by atoms with Gasteiger partial charge in [0, 0.05) is 25.4 Å². The molecule has 0 bridgehead atoms. The Kier molecular flexibility index (Phi) is 4.94. The van der Waals surface area contributed by atoms with Gasteiger partial charge in [0.15, 0.2) is 0 Å². The third-order valence-electron chi connectivity index (χ3n) is 4.88. The number of hydrogen-bond donors (Lipinski definition) is 2. The van der Waals surface area contributed by atoms with Crippen LogP contribution in [0.3, 0.4) is 0 Å². The Morgan fingerprint density at radius 3 is 3.00 bits per heavy atom. The van der Waals surface area contributed by atoms with Crippen LogP contribution in [0, 0.1) is 17.7 Å². The van der Waals surface area contributed by atoms with Crippen LogP contribution < -0.4 is 11.1 Å². The summed E-state index contributed by atoms with van der Waals surface area (Å²) in [6.07, 6.45) is 6.34. The zero-order valence-electron chi connectivity index (χ0n) is 13.8. The molecule has 128 valence electrons. The Hall–Kier alpha value is -2.21. The number of carbonyl (C=O) groups excluding carboxylic acids is 1. The van der Waals surface area contributed by atoms with Crippen LogP contribution in [0.2, 0.25) is 0 Å². The molecule has 24 heavy (non-hydrogen) atoms. The fourth-order valence-electron chi connectivity index (χ4n) is 3.55. The Morgan fingerprint density at radius 2 is 2.33 bits per heavy atom. The highest BCUT2D eigenvalue weighted by atomic mass is 19.1. The maximum absolute atomic E-state index is 13.7. The monoisotopic (exact) mass is 330 g/mol. The van der Waals surface area contributed by atoms with Crippen molar-refractivity contribution in [1.82, 2.24) is 14.9 Å². The zero-order valence-corrected chi connectivity index (χ0v) is 13.8. The molecule has 3 atom stereocenters. The minimum absolute atomic E-state index is 0.0276. The molecule has 1 aliphatic rings. The molecule has 1 aromatic carbocycles. The average Bonchev–Trinajstić information content (AvgIpc) is 3.21. The van der Waals surface area contributed by atoms with E-state index in [4.69, 9.17) is 5.73 Å². The van der Waals surface area contributed by atoms with Crippen LogP contribution in [0.15, 0.2) is 36.7 Å². The molecule has 0 aliphatic heterocycles. The minimum Gasteiger partial charge on any atom is -0.342 e. The molecule has 1 heterocycles. The van der Waals surface area contributed by atoms with Gasteiger partial charge < -0.3 is 15.6 Å². The molecule has 1 aromatic heterocycles. The fourth-order valence-corrected chi connectivity index (χ4v) is 3.55. The summed E-state index contributed by atoms with van der Waals surface area (Å²) in [4.78, 5) is 17.1. The van der Waals surface area contributed by atoms with Crippen LogP contribution in [0.5, 0.6) is 0 Å². The van der Waals surface area contributed by atoms with E-state index < -0.39 is 6.04 Å². The summed E-state index contributed by atoms with van der Waals surface area (Å²) in [7, 11) is 1.86. The lowest BCUT2D eigenvalue weighted by Gasteiger charge is -2.23. The first kappa shape index (κ1) is 16.6. The van der Waals surface area contributed by atoms with Gasteiger partial charge in [0.25, 0.3) is 0 Å². The van der Waals surface area contributed by atoms with E-state index in [-0.39, 0.29) is 23.6 Å². The van der Waals surface area contributed by atoms with Gasteiger partial charge >= 0.3 is 0 Å². The Labute approximate surface area is 141 Å². The number of carbonyl (C=O) groups is 1. The van der Waals surface area contributed by atoms with Crippen molar-refractivity contribution in [2.45, 2.75) is 25.3 Å². The number of imidazole rings is 1. The van der Waals surface area contributed by atoms with Gasteiger partial charge in [0.1, 0.15) is 17.7 Å². The SMILES string of the molecule is Cn1ccnc1C(NC(=O)[C@@H]1CCC[C@@H]1CN)c1cccc(F)c1. The second kappa shape index (κ2) is 7.13. The van der Waals surface area contributed by atoms with Crippen molar-refractivity contribution in [3.63, 3.8) is 0 Å². The lowest BCUT2D eigenvalue weighted by molar-refractivity contribution is -0.126. The van der Waals surface area contributed by atoms with Crippen LogP contribution >= 0.6 is 0 Å². The first-order valence-corrected chi connectivity index (χ1v) is 8.33. The average molecular weight is 330 g/mol. The highest BCUT2D eigenvalue weighted by Crippen LogP contribution is 2.32. The number of benzene rings is 1. The molecule has 1 unspecified atom stereocenters. The normalized spacial score (nSPS) is 21.6. The summed E-state index contributed by atoms with van der Waals surface area (Å²) >= 11 is 0. The van der Waals surface area contributed by atoms with Crippen LogP contribution in [0.25, 0.3) is 0 Å². The lowest BCUT2D eigenvalue weighted by atomic mass is 9.94. The molecule has 1 saturated carbocycles. The molecule has 5 nitrogen and oxygen atoms in total. The second-order valence-corrected chi connectivity index (χ2v) is 6.43. The van der Waals surface area contributed by atoms with Gasteiger partial charge in [-0.25, -0.2) is 9.37 Å². The smallest absolute Gasteiger partial charge is 0.224 e. The number of nitrogens with one attached hydrogen (secondary N) is 1. The summed E-state index contributed by atoms with van der Waals surface area (Å²) in [6.45, 7) is 0.519. The maximum Gasteiger partial charge on any atom is 0.224 e. The third-order valence-corrected chi connectivity index (χ3v) is 4.88. The van der Waals surface area contributed by atoms with Gasteiger partial charge in [-0.3, -0.25) is 4.79 Å². The maximum atomic E-state index is 13.7. The summed E-state index contributed by atoms with van der Waals surface area (Å²) in [5.41, 5.74) is 6.48. The number of hydrogen-bond acceptors (Lipinski definition) is 3. The molecular weight excluding hydrogens is 307 g/mol. The van der Waals surface area contributed by atoms with Crippen molar-refractivity contribution < 1.29 is 9.18 Å². The van der Waals surface area contributed by atoms with Crippen molar-refractivity contribution >= 4 is 5.91 Å². The van der Waals surface area contributed by atoms with Gasteiger partial charge in [0.2, 0.25) is 5.91 Å². The highest BCUT2D eigenvalue weighted by molar-refractivity contribution is 5.80. The number of nitrogens with zero attached hydrogens (tertiary/aromatic N) is 2. The van der Waals surface area contributed by atoms with Crippen LogP contribution in [0.4, 0.5) is 4.39 Å². The Bertz CT molecular complexity index is 715. The predicted molar refractivity (Wildman–Crippen MR) is 89.5 cm³/mol. The molecule has 6 heteroatoms. The van der Waals surface area contributed by atoms with E-state index in [1.807, 2.05) is 17.8 Å². The topological polar surface area (TPSA) is 72.9 Å². The summed E-state index contributed by atoms with van der Waals surface area (Å²) in [6, 6.07) is 5.80. The zero-order chi connectivity index (χ0) is 17.1. The minimum atomic E-state index is -0.479. The van der Waals surface area contributed by atoms with E-state index in [1.54, 1.807) is 18.3 Å². The molecule has 1 amide bonds. The highest BCUT2D eigenvalue weighted by Gasteiger charge is 2.34. The van der Waals surface area contributed by atoms with Gasteiger partial charge in [-0.2, -0.15) is 0 Å². The molecule has 2 aromatic rings. The predicted octanol–water partition coefficient (Wildman–Crippen LogP) is 2.14. The third kappa shape index (κ3) is 3.33. The first-order chi connectivity index (χ1) is 11.6. The summed E-state index contributed by atoms with van der Waals surface area (Å²) < 4.78 is 15.5. The van der Waals surface area contributed by atoms with Gasteiger partial charge in [-0.05, 0) is 43.0 Å². The van der Waals surface area contributed by atoms with Gasteiger partial charge in [0.05, 0.1) is 0 Å². The number of aromatic nitrogens is 2. The largest absolute Gasteiger partial charge is 0.342 e. The second-order valence-electron chi connectivity index (χ2n) is 6.43. The standard InChI is InChI=1S/C18H23FN4O/c1-23-9-8-21-17(23)16(12-4-2-6-14(19)10-12)22-18(24)15-7-3-5-13(15)11-20/h2,4,6,8-10,13,15-16H,3,5,7,11,20H2,1H3,(H,22,24)/t13-,15-,16?/m1/s1. The van der Waals surface area contributed by atoms with Crippen LogP contribution in [-0.4, -0.2) is 22.0 Å². The molecule has 3 N–H and O–H groups in total. The number of halogens is 1. The van der Waals surface area contributed by atoms with E-state index in [0.29, 0.717) is 17.9 Å².